The molecular formula is C15H22O4. The van der Waals surface area contributed by atoms with Gasteiger partial charge in [0.15, 0.2) is 17.0 Å². The maximum atomic E-state index is 12.5. The summed E-state index contributed by atoms with van der Waals surface area (Å²) in [6, 6.07) is 0. The molecule has 0 bridgehead atoms. The van der Waals surface area contributed by atoms with Gasteiger partial charge in [-0.25, -0.2) is 4.79 Å². The second-order valence-corrected chi connectivity index (χ2v) is 6.30. The van der Waals surface area contributed by atoms with Crippen LogP contribution in [0.15, 0.2) is 11.6 Å². The Morgan fingerprint density at radius 1 is 1.53 bits per heavy atom. The van der Waals surface area contributed by atoms with Crippen molar-refractivity contribution in [1.29, 1.82) is 0 Å². The maximum absolute atomic E-state index is 12.5. The van der Waals surface area contributed by atoms with Crippen molar-refractivity contribution in [2.24, 2.45) is 11.8 Å². The van der Waals surface area contributed by atoms with Crippen LogP contribution in [0.25, 0.3) is 0 Å². The Kier molecular flexibility index (Phi) is 3.33. The number of ether oxygens (including phenoxy) is 1. The second kappa shape index (κ2) is 4.44. The standard InChI is InChI=1S/C15H22O4/c1-9(2)13(17)14(18)8-10(3)5-6-15(14)11(4)7-12(16)19-15/h7,9-10,18H,5-6,8H2,1-4H3/t10-,14-,15+/m1/s1. The molecule has 0 radical (unpaired) electrons. The van der Waals surface area contributed by atoms with E-state index < -0.39 is 17.2 Å². The van der Waals surface area contributed by atoms with E-state index in [4.69, 9.17) is 4.74 Å². The largest absolute Gasteiger partial charge is 0.448 e. The van der Waals surface area contributed by atoms with Crippen molar-refractivity contribution < 1.29 is 19.4 Å². The van der Waals surface area contributed by atoms with Crippen molar-refractivity contribution in [3.05, 3.63) is 11.6 Å². The molecule has 4 nitrogen and oxygen atoms in total. The van der Waals surface area contributed by atoms with E-state index >= 15 is 0 Å². The first-order valence-corrected chi connectivity index (χ1v) is 6.91. The van der Waals surface area contributed by atoms with Crippen LogP contribution in [0.2, 0.25) is 0 Å². The van der Waals surface area contributed by atoms with Gasteiger partial charge in [-0.05, 0) is 37.7 Å². The number of rotatable bonds is 2. The van der Waals surface area contributed by atoms with Crippen LogP contribution in [-0.2, 0) is 14.3 Å². The zero-order valence-electron chi connectivity index (χ0n) is 12.0. The van der Waals surface area contributed by atoms with Crippen molar-refractivity contribution in [2.75, 3.05) is 0 Å². The average molecular weight is 266 g/mol. The van der Waals surface area contributed by atoms with Crippen LogP contribution in [0.4, 0.5) is 0 Å². The molecule has 1 spiro atoms. The van der Waals surface area contributed by atoms with Crippen LogP contribution in [0.3, 0.4) is 0 Å². The summed E-state index contributed by atoms with van der Waals surface area (Å²) in [6.45, 7) is 7.31. The lowest BCUT2D eigenvalue weighted by molar-refractivity contribution is -0.196. The molecule has 0 aromatic heterocycles. The third kappa shape index (κ3) is 1.93. The van der Waals surface area contributed by atoms with E-state index in [1.54, 1.807) is 20.8 Å². The number of aliphatic hydroxyl groups is 1. The highest BCUT2D eigenvalue weighted by Crippen LogP contribution is 2.50. The molecular weight excluding hydrogens is 244 g/mol. The third-order valence-electron chi connectivity index (χ3n) is 4.48. The van der Waals surface area contributed by atoms with E-state index in [2.05, 4.69) is 0 Å². The van der Waals surface area contributed by atoms with Crippen LogP contribution in [0, 0.1) is 11.8 Å². The number of hydrogen-bond acceptors (Lipinski definition) is 4. The molecule has 0 aromatic carbocycles. The van der Waals surface area contributed by atoms with E-state index in [0.29, 0.717) is 18.4 Å². The first-order valence-electron chi connectivity index (χ1n) is 6.91. The Bertz CT molecular complexity index is 451. The van der Waals surface area contributed by atoms with Crippen molar-refractivity contribution in [3.63, 3.8) is 0 Å². The van der Waals surface area contributed by atoms with Crippen LogP contribution < -0.4 is 0 Å². The molecule has 2 aliphatic rings. The highest BCUT2D eigenvalue weighted by Gasteiger charge is 2.63. The average Bonchev–Trinajstić information content (AvgIpc) is 2.60. The van der Waals surface area contributed by atoms with Crippen molar-refractivity contribution >= 4 is 11.8 Å². The van der Waals surface area contributed by atoms with Gasteiger partial charge in [0.1, 0.15) is 0 Å². The quantitative estimate of drug-likeness (QED) is 0.776. The van der Waals surface area contributed by atoms with Gasteiger partial charge in [-0.1, -0.05) is 20.8 Å². The highest BCUT2D eigenvalue weighted by molar-refractivity contribution is 5.94. The molecule has 106 valence electrons. The van der Waals surface area contributed by atoms with Gasteiger partial charge in [0.05, 0.1) is 0 Å². The molecule has 3 atom stereocenters. The third-order valence-corrected chi connectivity index (χ3v) is 4.48. The molecule has 1 fully saturated rings. The lowest BCUT2D eigenvalue weighted by atomic mass is 9.62. The van der Waals surface area contributed by atoms with Crippen molar-refractivity contribution in [2.45, 2.75) is 58.2 Å². The zero-order chi connectivity index (χ0) is 14.4. The van der Waals surface area contributed by atoms with E-state index in [9.17, 15) is 14.7 Å². The lowest BCUT2D eigenvalue weighted by Crippen LogP contribution is -2.64. The number of carbonyl (C=O) groups is 2. The minimum atomic E-state index is -1.59. The van der Waals surface area contributed by atoms with Gasteiger partial charge in [0.25, 0.3) is 0 Å². The highest BCUT2D eigenvalue weighted by atomic mass is 16.6. The van der Waals surface area contributed by atoms with Gasteiger partial charge < -0.3 is 9.84 Å². The summed E-state index contributed by atoms with van der Waals surface area (Å²) in [6.07, 6.45) is 3.10. The summed E-state index contributed by atoms with van der Waals surface area (Å²) in [5, 5.41) is 11.1. The molecule has 0 aromatic rings. The second-order valence-electron chi connectivity index (χ2n) is 6.30. The smallest absolute Gasteiger partial charge is 0.331 e. The normalized spacial score (nSPS) is 38.5. The van der Waals surface area contributed by atoms with Gasteiger partial charge in [-0.15, -0.1) is 0 Å². The molecule has 1 aliphatic carbocycles. The van der Waals surface area contributed by atoms with Gasteiger partial charge in [0, 0.05) is 12.0 Å². The fraction of sp³-hybridized carbons (Fsp3) is 0.733. The van der Waals surface area contributed by atoms with Gasteiger partial charge >= 0.3 is 5.97 Å². The number of esters is 1. The molecule has 1 aliphatic heterocycles. The number of hydrogen-bond donors (Lipinski definition) is 1. The Balaban J connectivity index is 2.49. The number of ketones is 1. The predicted octanol–water partition coefficient (Wildman–Crippen LogP) is 2.00. The van der Waals surface area contributed by atoms with Crippen LogP contribution in [0.1, 0.15) is 47.0 Å². The Hall–Kier alpha value is -1.16. The monoisotopic (exact) mass is 266 g/mol. The fourth-order valence-corrected chi connectivity index (χ4v) is 3.44. The predicted molar refractivity (Wildman–Crippen MR) is 70.4 cm³/mol. The summed E-state index contributed by atoms with van der Waals surface area (Å²) < 4.78 is 5.43. The van der Waals surface area contributed by atoms with Crippen molar-refractivity contribution in [3.8, 4) is 0 Å². The fourth-order valence-electron chi connectivity index (χ4n) is 3.44. The molecule has 2 rings (SSSR count). The van der Waals surface area contributed by atoms with E-state index in [1.165, 1.54) is 6.08 Å². The summed E-state index contributed by atoms with van der Waals surface area (Å²) >= 11 is 0. The van der Waals surface area contributed by atoms with Crippen LogP contribution in [-0.4, -0.2) is 28.1 Å². The molecule has 0 amide bonds. The number of Topliss-reactive ketones (excluding diaryl/α,β-unsaturated/α-hetero) is 1. The first kappa shape index (κ1) is 14.3. The van der Waals surface area contributed by atoms with Crippen LogP contribution >= 0.6 is 0 Å². The molecule has 1 heterocycles. The Morgan fingerprint density at radius 3 is 2.63 bits per heavy atom. The van der Waals surface area contributed by atoms with Gasteiger partial charge in [0.2, 0.25) is 0 Å². The Morgan fingerprint density at radius 2 is 2.16 bits per heavy atom. The molecule has 0 saturated heterocycles. The first-order chi connectivity index (χ1) is 8.73. The molecule has 1 N–H and O–H groups in total. The molecule has 0 unspecified atom stereocenters. The topological polar surface area (TPSA) is 63.6 Å². The van der Waals surface area contributed by atoms with Gasteiger partial charge in [-0.3, -0.25) is 4.79 Å². The maximum Gasteiger partial charge on any atom is 0.331 e. The molecule has 19 heavy (non-hydrogen) atoms. The minimum absolute atomic E-state index is 0.235. The lowest BCUT2D eigenvalue weighted by Gasteiger charge is -2.49. The zero-order valence-corrected chi connectivity index (χ0v) is 12.0. The molecule has 4 heteroatoms. The number of carbonyl (C=O) groups excluding carboxylic acids is 2. The van der Waals surface area contributed by atoms with Crippen LogP contribution in [0.5, 0.6) is 0 Å². The summed E-state index contributed by atoms with van der Waals surface area (Å²) in [7, 11) is 0. The summed E-state index contributed by atoms with van der Waals surface area (Å²) in [5.41, 5.74) is -2.07. The SMILES string of the molecule is CC1=CC(=O)O[C@@]12CC[C@@H](C)C[C@@]2(O)C(=O)C(C)C. The summed E-state index contributed by atoms with van der Waals surface area (Å²) in [4.78, 5) is 24.1. The molecule has 1 saturated carbocycles. The summed E-state index contributed by atoms with van der Waals surface area (Å²) in [5.74, 6) is -0.742. The van der Waals surface area contributed by atoms with E-state index in [1.807, 2.05) is 6.92 Å². The van der Waals surface area contributed by atoms with E-state index in [0.717, 1.165) is 6.42 Å². The van der Waals surface area contributed by atoms with Crippen molar-refractivity contribution in [1.82, 2.24) is 0 Å². The minimum Gasteiger partial charge on any atom is -0.448 e. The Labute approximate surface area is 113 Å². The van der Waals surface area contributed by atoms with E-state index in [-0.39, 0.29) is 17.6 Å². The van der Waals surface area contributed by atoms with Gasteiger partial charge in [-0.2, -0.15) is 0 Å².